The number of amides is 1. The number of anilines is 1. The van der Waals surface area contributed by atoms with Crippen LogP contribution in [0.2, 0.25) is 0 Å². The van der Waals surface area contributed by atoms with E-state index in [1.54, 1.807) is 12.1 Å². The monoisotopic (exact) mass is 336 g/mol. The number of hydrogen-bond donors (Lipinski definition) is 1. The summed E-state index contributed by atoms with van der Waals surface area (Å²) < 4.78 is 5.97. The number of oxazole rings is 1. The fourth-order valence-electron chi connectivity index (χ4n) is 3.37. The van der Waals surface area contributed by atoms with Gasteiger partial charge in [0.1, 0.15) is 5.52 Å². The maximum absolute atomic E-state index is 11.6. The van der Waals surface area contributed by atoms with Gasteiger partial charge in [-0.05, 0) is 24.7 Å². The molecule has 128 valence electrons. The Morgan fingerprint density at radius 2 is 1.96 bits per heavy atom. The third kappa shape index (κ3) is 2.85. The Morgan fingerprint density at radius 3 is 2.72 bits per heavy atom. The van der Waals surface area contributed by atoms with Crippen LogP contribution in [0.15, 0.2) is 52.9 Å². The zero-order valence-electron chi connectivity index (χ0n) is 14.1. The Balaban J connectivity index is 1.77. The van der Waals surface area contributed by atoms with Gasteiger partial charge in [-0.15, -0.1) is 0 Å². The predicted molar refractivity (Wildman–Crippen MR) is 96.6 cm³/mol. The number of para-hydroxylation sites is 1. The van der Waals surface area contributed by atoms with Gasteiger partial charge in [0.25, 0.3) is 11.9 Å². The van der Waals surface area contributed by atoms with Gasteiger partial charge < -0.3 is 20.0 Å². The fraction of sp³-hybridized carbons (Fsp3) is 0.263. The minimum Gasteiger partial charge on any atom is -0.423 e. The number of rotatable bonds is 3. The molecule has 6 nitrogen and oxygen atoms in total. The molecule has 0 spiro atoms. The first-order valence-corrected chi connectivity index (χ1v) is 8.33. The van der Waals surface area contributed by atoms with E-state index >= 15 is 0 Å². The van der Waals surface area contributed by atoms with Crippen molar-refractivity contribution in [2.75, 3.05) is 31.6 Å². The lowest BCUT2D eigenvalue weighted by Gasteiger charge is -2.39. The van der Waals surface area contributed by atoms with E-state index in [-0.39, 0.29) is 6.04 Å². The zero-order chi connectivity index (χ0) is 17.4. The first-order chi connectivity index (χ1) is 12.1. The molecule has 6 heteroatoms. The SMILES string of the molecule is CN1CCN(c2nc3c(C(N)=O)cccc3o2)C(c2ccccc2)C1. The summed E-state index contributed by atoms with van der Waals surface area (Å²) in [6.07, 6.45) is 0. The van der Waals surface area contributed by atoms with Crippen LogP contribution in [-0.2, 0) is 0 Å². The summed E-state index contributed by atoms with van der Waals surface area (Å²) in [6, 6.07) is 16.3. The molecule has 1 aliphatic rings. The summed E-state index contributed by atoms with van der Waals surface area (Å²) in [5.74, 6) is -0.497. The minimum atomic E-state index is -0.497. The Labute approximate surface area is 145 Å². The molecule has 1 aliphatic heterocycles. The van der Waals surface area contributed by atoms with Gasteiger partial charge in [-0.1, -0.05) is 36.4 Å². The van der Waals surface area contributed by atoms with Crippen molar-refractivity contribution in [3.05, 3.63) is 59.7 Å². The number of aromatic nitrogens is 1. The summed E-state index contributed by atoms with van der Waals surface area (Å²) in [5.41, 5.74) is 8.17. The molecule has 0 radical (unpaired) electrons. The molecule has 0 aliphatic carbocycles. The highest BCUT2D eigenvalue weighted by Crippen LogP contribution is 2.32. The van der Waals surface area contributed by atoms with Gasteiger partial charge >= 0.3 is 0 Å². The van der Waals surface area contributed by atoms with Gasteiger partial charge in [-0.3, -0.25) is 4.79 Å². The predicted octanol–water partition coefficient (Wildman–Crippen LogP) is 2.42. The number of nitrogens with two attached hydrogens (primary N) is 1. The fourth-order valence-corrected chi connectivity index (χ4v) is 3.37. The lowest BCUT2D eigenvalue weighted by Crippen LogP contribution is -2.47. The van der Waals surface area contributed by atoms with Gasteiger partial charge in [0.15, 0.2) is 5.58 Å². The number of carbonyl (C=O) groups is 1. The molecule has 0 bridgehead atoms. The molecular weight excluding hydrogens is 316 g/mol. The van der Waals surface area contributed by atoms with Crippen LogP contribution in [0.5, 0.6) is 0 Å². The van der Waals surface area contributed by atoms with Crippen molar-refractivity contribution in [3.8, 4) is 0 Å². The minimum absolute atomic E-state index is 0.144. The van der Waals surface area contributed by atoms with Crippen molar-refractivity contribution in [1.29, 1.82) is 0 Å². The highest BCUT2D eigenvalue weighted by Gasteiger charge is 2.30. The van der Waals surface area contributed by atoms with E-state index in [0.717, 1.165) is 19.6 Å². The molecule has 2 aromatic carbocycles. The van der Waals surface area contributed by atoms with Crippen LogP contribution in [0, 0.1) is 0 Å². The van der Waals surface area contributed by atoms with Crippen molar-refractivity contribution in [1.82, 2.24) is 9.88 Å². The average Bonchev–Trinajstić information content (AvgIpc) is 3.06. The highest BCUT2D eigenvalue weighted by atomic mass is 16.4. The molecular formula is C19H20N4O2. The maximum Gasteiger partial charge on any atom is 0.299 e. The molecule has 1 fully saturated rings. The van der Waals surface area contributed by atoms with E-state index in [4.69, 9.17) is 10.2 Å². The number of nitrogens with zero attached hydrogens (tertiary/aromatic N) is 3. The Kier molecular flexibility index (Phi) is 3.89. The zero-order valence-corrected chi connectivity index (χ0v) is 14.1. The van der Waals surface area contributed by atoms with Crippen LogP contribution in [-0.4, -0.2) is 42.5 Å². The van der Waals surface area contributed by atoms with Crippen molar-refractivity contribution in [3.63, 3.8) is 0 Å². The van der Waals surface area contributed by atoms with Gasteiger partial charge in [0.2, 0.25) is 0 Å². The molecule has 1 unspecified atom stereocenters. The van der Waals surface area contributed by atoms with Gasteiger partial charge in [-0.2, -0.15) is 4.98 Å². The van der Waals surface area contributed by atoms with Crippen LogP contribution < -0.4 is 10.6 Å². The smallest absolute Gasteiger partial charge is 0.299 e. The molecule has 1 atom stereocenters. The van der Waals surface area contributed by atoms with Crippen LogP contribution in [0.3, 0.4) is 0 Å². The normalized spacial score (nSPS) is 18.6. The third-order valence-electron chi connectivity index (χ3n) is 4.69. The standard InChI is InChI=1S/C19H20N4O2/c1-22-10-11-23(15(12-22)13-6-3-2-4-7-13)19-21-17-14(18(20)24)8-5-9-16(17)25-19/h2-9,15H,10-12H2,1H3,(H2,20,24). The van der Waals surface area contributed by atoms with E-state index in [1.165, 1.54) is 5.56 Å². The summed E-state index contributed by atoms with van der Waals surface area (Å²) >= 11 is 0. The van der Waals surface area contributed by atoms with E-state index in [2.05, 4.69) is 34.0 Å². The van der Waals surface area contributed by atoms with Gasteiger partial charge in [0, 0.05) is 19.6 Å². The summed E-state index contributed by atoms with van der Waals surface area (Å²) in [5, 5.41) is 0. The number of likely N-dealkylation sites (N-methyl/N-ethyl adjacent to an activating group) is 1. The second-order valence-corrected chi connectivity index (χ2v) is 6.40. The van der Waals surface area contributed by atoms with Crippen LogP contribution >= 0.6 is 0 Å². The van der Waals surface area contributed by atoms with Crippen molar-refractivity contribution in [2.24, 2.45) is 5.73 Å². The van der Waals surface area contributed by atoms with E-state index in [1.807, 2.05) is 24.3 Å². The van der Waals surface area contributed by atoms with E-state index in [0.29, 0.717) is 22.7 Å². The number of hydrogen-bond acceptors (Lipinski definition) is 5. The quantitative estimate of drug-likeness (QED) is 0.795. The summed E-state index contributed by atoms with van der Waals surface area (Å²) in [7, 11) is 2.12. The molecule has 4 rings (SSSR count). The van der Waals surface area contributed by atoms with E-state index in [9.17, 15) is 4.79 Å². The number of benzene rings is 2. The Morgan fingerprint density at radius 1 is 1.16 bits per heavy atom. The highest BCUT2D eigenvalue weighted by molar-refractivity contribution is 6.03. The first-order valence-electron chi connectivity index (χ1n) is 8.33. The first kappa shape index (κ1) is 15.7. The number of carbonyl (C=O) groups excluding carboxylic acids is 1. The molecule has 0 saturated carbocycles. The van der Waals surface area contributed by atoms with Crippen LogP contribution in [0.4, 0.5) is 6.01 Å². The second-order valence-electron chi connectivity index (χ2n) is 6.40. The number of fused-ring (bicyclic) bond motifs is 1. The third-order valence-corrected chi connectivity index (χ3v) is 4.69. The molecule has 1 amide bonds. The van der Waals surface area contributed by atoms with Crippen molar-refractivity contribution < 1.29 is 9.21 Å². The number of piperazine rings is 1. The summed E-state index contributed by atoms with van der Waals surface area (Å²) in [6.45, 7) is 2.60. The molecule has 1 aromatic heterocycles. The van der Waals surface area contributed by atoms with Crippen molar-refractivity contribution in [2.45, 2.75) is 6.04 Å². The maximum atomic E-state index is 11.6. The van der Waals surface area contributed by atoms with E-state index < -0.39 is 5.91 Å². The molecule has 3 aromatic rings. The average molecular weight is 336 g/mol. The van der Waals surface area contributed by atoms with Crippen molar-refractivity contribution >= 4 is 23.0 Å². The largest absolute Gasteiger partial charge is 0.423 e. The molecule has 2 N–H and O–H groups in total. The van der Waals surface area contributed by atoms with Gasteiger partial charge in [0.05, 0.1) is 11.6 Å². The lowest BCUT2D eigenvalue weighted by atomic mass is 10.0. The molecule has 2 heterocycles. The Hall–Kier alpha value is -2.86. The molecule has 1 saturated heterocycles. The number of primary amides is 1. The van der Waals surface area contributed by atoms with Crippen LogP contribution in [0.25, 0.3) is 11.1 Å². The van der Waals surface area contributed by atoms with Gasteiger partial charge in [-0.25, -0.2) is 0 Å². The lowest BCUT2D eigenvalue weighted by molar-refractivity contribution is 0.100. The van der Waals surface area contributed by atoms with Crippen LogP contribution in [0.1, 0.15) is 22.0 Å². The molecule has 25 heavy (non-hydrogen) atoms. The summed E-state index contributed by atoms with van der Waals surface area (Å²) in [4.78, 5) is 20.7. The topological polar surface area (TPSA) is 75.6 Å². The second kappa shape index (κ2) is 6.22. The Bertz CT molecular complexity index is 906.